The van der Waals surface area contributed by atoms with Crippen molar-refractivity contribution in [3.8, 4) is 5.75 Å². The number of halogens is 1. The monoisotopic (exact) mass is 353 g/mol. The van der Waals surface area contributed by atoms with Crippen LogP contribution in [0.4, 0.5) is 0 Å². The molecule has 1 saturated heterocycles. The first-order valence-electron chi connectivity index (χ1n) is 9.83. The van der Waals surface area contributed by atoms with Crippen molar-refractivity contribution in [3.63, 3.8) is 0 Å². The summed E-state index contributed by atoms with van der Waals surface area (Å²) in [7, 11) is 0. The molecule has 0 aromatic heterocycles. The van der Waals surface area contributed by atoms with Crippen LogP contribution in [0.25, 0.3) is 0 Å². The molecule has 0 amide bonds. The Balaban J connectivity index is 0.00000288. The van der Waals surface area contributed by atoms with E-state index in [1.165, 1.54) is 69.8 Å². The third kappa shape index (κ3) is 8.39. The molecule has 1 fully saturated rings. The molecule has 1 aliphatic rings. The summed E-state index contributed by atoms with van der Waals surface area (Å²) >= 11 is 0. The quantitative estimate of drug-likeness (QED) is 0.485. The number of rotatable bonds is 11. The molecule has 3 heteroatoms. The Morgan fingerprint density at radius 1 is 0.958 bits per heavy atom. The van der Waals surface area contributed by atoms with Crippen LogP contribution in [0, 0.1) is 0 Å². The van der Waals surface area contributed by atoms with Gasteiger partial charge >= 0.3 is 0 Å². The normalized spacial score (nSPS) is 15.0. The van der Waals surface area contributed by atoms with E-state index in [0.29, 0.717) is 5.92 Å². The predicted octanol–water partition coefficient (Wildman–Crippen LogP) is 6.09. The maximum absolute atomic E-state index is 5.97. The lowest BCUT2D eigenvalue weighted by Gasteiger charge is -2.23. The highest BCUT2D eigenvalue weighted by Gasteiger charge is 2.15. The standard InChI is InChI=1S/C21H35NO.ClH/c1-2-3-4-5-6-7-8-9-17-23-21-12-10-11-20(18-21)19-13-15-22-16-14-19;/h10-12,18-19,22H,2-9,13-17H2,1H3;1H. The molecule has 1 aliphatic heterocycles. The zero-order valence-electron chi connectivity index (χ0n) is 15.4. The third-order valence-corrected chi connectivity index (χ3v) is 4.94. The average Bonchev–Trinajstić information content (AvgIpc) is 2.61. The van der Waals surface area contributed by atoms with Gasteiger partial charge in [-0.05, 0) is 56.0 Å². The van der Waals surface area contributed by atoms with Crippen LogP contribution >= 0.6 is 12.4 Å². The van der Waals surface area contributed by atoms with Gasteiger partial charge in [0.2, 0.25) is 0 Å². The average molecular weight is 354 g/mol. The van der Waals surface area contributed by atoms with E-state index < -0.39 is 0 Å². The molecule has 0 bridgehead atoms. The van der Waals surface area contributed by atoms with E-state index in [2.05, 4.69) is 36.5 Å². The maximum atomic E-state index is 5.97. The van der Waals surface area contributed by atoms with E-state index in [1.807, 2.05) is 0 Å². The van der Waals surface area contributed by atoms with Crippen molar-refractivity contribution in [2.24, 2.45) is 0 Å². The summed E-state index contributed by atoms with van der Waals surface area (Å²) in [6.07, 6.45) is 13.3. The van der Waals surface area contributed by atoms with Crippen molar-refractivity contribution in [3.05, 3.63) is 29.8 Å². The van der Waals surface area contributed by atoms with Gasteiger partial charge in [0.15, 0.2) is 0 Å². The highest BCUT2D eigenvalue weighted by atomic mass is 35.5. The molecule has 0 unspecified atom stereocenters. The zero-order valence-corrected chi connectivity index (χ0v) is 16.2. The number of ether oxygens (including phenoxy) is 1. The van der Waals surface area contributed by atoms with Gasteiger partial charge in [0.1, 0.15) is 5.75 Å². The number of hydrogen-bond donors (Lipinski definition) is 1. The molecule has 0 aliphatic carbocycles. The molecule has 1 N–H and O–H groups in total. The molecule has 1 aromatic carbocycles. The van der Waals surface area contributed by atoms with Crippen molar-refractivity contribution >= 4 is 12.4 Å². The summed E-state index contributed by atoms with van der Waals surface area (Å²) in [6, 6.07) is 8.79. The fourth-order valence-electron chi connectivity index (χ4n) is 3.44. The van der Waals surface area contributed by atoms with Gasteiger partial charge in [-0.1, -0.05) is 64.0 Å². The summed E-state index contributed by atoms with van der Waals surface area (Å²) in [5.41, 5.74) is 1.46. The topological polar surface area (TPSA) is 21.3 Å². The summed E-state index contributed by atoms with van der Waals surface area (Å²) in [4.78, 5) is 0. The van der Waals surface area contributed by atoms with Crippen molar-refractivity contribution in [2.45, 2.75) is 77.0 Å². The van der Waals surface area contributed by atoms with E-state index in [9.17, 15) is 0 Å². The van der Waals surface area contributed by atoms with E-state index >= 15 is 0 Å². The third-order valence-electron chi connectivity index (χ3n) is 4.94. The second kappa shape index (κ2) is 13.5. The van der Waals surface area contributed by atoms with Gasteiger partial charge in [0.05, 0.1) is 6.61 Å². The largest absolute Gasteiger partial charge is 0.494 e. The fourth-order valence-corrected chi connectivity index (χ4v) is 3.44. The van der Waals surface area contributed by atoms with E-state index in [-0.39, 0.29) is 12.4 Å². The summed E-state index contributed by atoms with van der Waals surface area (Å²) < 4.78 is 5.97. The first kappa shape index (κ1) is 21.3. The molecular formula is C21H36ClNO. The first-order valence-corrected chi connectivity index (χ1v) is 9.83. The van der Waals surface area contributed by atoms with Crippen LogP contribution in [0.15, 0.2) is 24.3 Å². The van der Waals surface area contributed by atoms with Crippen LogP contribution in [-0.4, -0.2) is 19.7 Å². The number of unbranched alkanes of at least 4 members (excludes halogenated alkanes) is 7. The molecule has 138 valence electrons. The molecule has 1 heterocycles. The predicted molar refractivity (Wildman–Crippen MR) is 107 cm³/mol. The zero-order chi connectivity index (χ0) is 16.2. The van der Waals surface area contributed by atoms with E-state index in [0.717, 1.165) is 25.4 Å². The first-order chi connectivity index (χ1) is 11.4. The lowest BCUT2D eigenvalue weighted by atomic mass is 9.90. The Morgan fingerprint density at radius 2 is 1.62 bits per heavy atom. The number of piperidine rings is 1. The summed E-state index contributed by atoms with van der Waals surface area (Å²) in [5.74, 6) is 1.77. The van der Waals surface area contributed by atoms with Crippen molar-refractivity contribution in [2.75, 3.05) is 19.7 Å². The van der Waals surface area contributed by atoms with Gasteiger partial charge in [-0.2, -0.15) is 0 Å². The molecule has 0 spiro atoms. The molecule has 1 aromatic rings. The minimum Gasteiger partial charge on any atom is -0.494 e. The van der Waals surface area contributed by atoms with Gasteiger partial charge in [-0.15, -0.1) is 12.4 Å². The van der Waals surface area contributed by atoms with Crippen molar-refractivity contribution < 1.29 is 4.74 Å². The number of nitrogens with one attached hydrogen (secondary N) is 1. The molecule has 24 heavy (non-hydrogen) atoms. The SMILES string of the molecule is CCCCCCCCCCOc1cccc(C2CCNCC2)c1.Cl. The van der Waals surface area contributed by atoms with Gasteiger partial charge in [0, 0.05) is 0 Å². The van der Waals surface area contributed by atoms with Crippen molar-refractivity contribution in [1.82, 2.24) is 5.32 Å². The molecular weight excluding hydrogens is 318 g/mol. The Hall–Kier alpha value is -0.730. The lowest BCUT2D eigenvalue weighted by molar-refractivity contribution is 0.303. The number of hydrogen-bond acceptors (Lipinski definition) is 2. The van der Waals surface area contributed by atoms with Gasteiger partial charge in [0.25, 0.3) is 0 Å². The van der Waals surface area contributed by atoms with Gasteiger partial charge in [-0.25, -0.2) is 0 Å². The molecule has 2 rings (SSSR count). The van der Waals surface area contributed by atoms with Crippen LogP contribution in [0.3, 0.4) is 0 Å². The van der Waals surface area contributed by atoms with Crippen molar-refractivity contribution in [1.29, 1.82) is 0 Å². The second-order valence-electron chi connectivity index (χ2n) is 6.92. The smallest absolute Gasteiger partial charge is 0.119 e. The van der Waals surface area contributed by atoms with Crippen LogP contribution in [-0.2, 0) is 0 Å². The molecule has 0 radical (unpaired) electrons. The minimum absolute atomic E-state index is 0. The Kier molecular flexibility index (Phi) is 12.0. The maximum Gasteiger partial charge on any atom is 0.119 e. The Bertz CT molecular complexity index is 418. The summed E-state index contributed by atoms with van der Waals surface area (Å²) in [5, 5.41) is 3.44. The molecule has 2 nitrogen and oxygen atoms in total. The highest BCUT2D eigenvalue weighted by Crippen LogP contribution is 2.27. The second-order valence-corrected chi connectivity index (χ2v) is 6.92. The summed E-state index contributed by atoms with van der Waals surface area (Å²) in [6.45, 7) is 5.43. The van der Waals surface area contributed by atoms with Crippen LogP contribution < -0.4 is 10.1 Å². The molecule has 0 saturated carbocycles. The van der Waals surface area contributed by atoms with Gasteiger partial charge in [-0.3, -0.25) is 0 Å². The minimum atomic E-state index is 0. The van der Waals surface area contributed by atoms with Crippen LogP contribution in [0.5, 0.6) is 5.75 Å². The number of benzene rings is 1. The Labute approximate surface area is 155 Å². The fraction of sp³-hybridized carbons (Fsp3) is 0.714. The Morgan fingerprint density at radius 3 is 2.33 bits per heavy atom. The van der Waals surface area contributed by atoms with E-state index in [4.69, 9.17) is 4.74 Å². The highest BCUT2D eigenvalue weighted by molar-refractivity contribution is 5.85. The van der Waals surface area contributed by atoms with Crippen LogP contribution in [0.1, 0.15) is 82.6 Å². The lowest BCUT2D eigenvalue weighted by Crippen LogP contribution is -2.26. The van der Waals surface area contributed by atoms with E-state index in [1.54, 1.807) is 0 Å². The van der Waals surface area contributed by atoms with Gasteiger partial charge < -0.3 is 10.1 Å². The molecule has 0 atom stereocenters. The van der Waals surface area contributed by atoms with Crippen LogP contribution in [0.2, 0.25) is 0 Å².